The van der Waals surface area contributed by atoms with Gasteiger partial charge in [0, 0.05) is 18.1 Å². The van der Waals surface area contributed by atoms with E-state index >= 15 is 0 Å². The number of rotatable bonds is 2. The Morgan fingerprint density at radius 3 is 3.05 bits per heavy atom. The first-order valence-electron chi connectivity index (χ1n) is 6.16. The van der Waals surface area contributed by atoms with Gasteiger partial charge < -0.3 is 5.11 Å². The molecule has 1 aromatic carbocycles. The minimum atomic E-state index is -0.341. The van der Waals surface area contributed by atoms with Crippen LogP contribution in [0.25, 0.3) is 0 Å². The molecule has 2 aliphatic rings. The van der Waals surface area contributed by atoms with E-state index in [1.807, 2.05) is 11.8 Å². The van der Waals surface area contributed by atoms with Crippen molar-refractivity contribution in [3.8, 4) is 5.75 Å². The molecule has 2 atom stereocenters. The summed E-state index contributed by atoms with van der Waals surface area (Å²) in [5, 5.41) is 11.0. The number of thioether (sulfide) groups is 2. The van der Waals surface area contributed by atoms with E-state index in [2.05, 4.69) is 16.9 Å². The molecule has 0 radical (unpaired) electrons. The summed E-state index contributed by atoms with van der Waals surface area (Å²) in [6, 6.07) is 4.23. The highest BCUT2D eigenvalue weighted by Crippen LogP contribution is 2.35. The summed E-state index contributed by atoms with van der Waals surface area (Å²) < 4.78 is 13.3. The highest BCUT2D eigenvalue weighted by atomic mass is 32.2. The summed E-state index contributed by atoms with van der Waals surface area (Å²) in [6.07, 6.45) is 0. The molecule has 19 heavy (non-hydrogen) atoms. The molecule has 1 fully saturated rings. The number of aliphatic imine (C=N–C) groups is 1. The third-order valence-electron chi connectivity index (χ3n) is 3.36. The molecular formula is C13H15FN2OS2. The van der Waals surface area contributed by atoms with E-state index in [4.69, 9.17) is 0 Å². The van der Waals surface area contributed by atoms with Crippen molar-refractivity contribution in [1.82, 2.24) is 4.90 Å². The van der Waals surface area contributed by atoms with Gasteiger partial charge in [0.2, 0.25) is 0 Å². The predicted octanol–water partition coefficient (Wildman–Crippen LogP) is 2.40. The second-order valence-electron chi connectivity index (χ2n) is 4.72. The molecule has 2 aliphatic heterocycles. The quantitative estimate of drug-likeness (QED) is 0.909. The van der Waals surface area contributed by atoms with Crippen LogP contribution >= 0.6 is 23.5 Å². The Kier molecular flexibility index (Phi) is 3.73. The maximum atomic E-state index is 13.3. The third-order valence-corrected chi connectivity index (χ3v) is 5.90. The zero-order valence-electron chi connectivity index (χ0n) is 10.5. The van der Waals surface area contributed by atoms with Gasteiger partial charge in [0.25, 0.3) is 0 Å². The van der Waals surface area contributed by atoms with Gasteiger partial charge in [-0.1, -0.05) is 0 Å². The lowest BCUT2D eigenvalue weighted by atomic mass is 10.2. The predicted molar refractivity (Wildman–Crippen MR) is 79.7 cm³/mol. The van der Waals surface area contributed by atoms with Gasteiger partial charge in [-0.25, -0.2) is 4.39 Å². The molecule has 0 unspecified atom stereocenters. The Morgan fingerprint density at radius 2 is 2.32 bits per heavy atom. The van der Waals surface area contributed by atoms with Crippen molar-refractivity contribution in [2.45, 2.75) is 11.4 Å². The Balaban J connectivity index is 1.84. The summed E-state index contributed by atoms with van der Waals surface area (Å²) in [5.74, 6) is 1.79. The van der Waals surface area contributed by atoms with Crippen molar-refractivity contribution < 1.29 is 9.50 Å². The molecule has 102 valence electrons. The van der Waals surface area contributed by atoms with Gasteiger partial charge in [-0.2, -0.15) is 0 Å². The zero-order valence-corrected chi connectivity index (χ0v) is 12.2. The summed E-state index contributed by atoms with van der Waals surface area (Å²) in [5.41, 5.74) is 0.512. The average Bonchev–Trinajstić information content (AvgIpc) is 3.00. The van der Waals surface area contributed by atoms with Crippen LogP contribution in [0.4, 0.5) is 4.39 Å². The molecule has 6 heteroatoms. The molecular weight excluding hydrogens is 283 g/mol. The van der Waals surface area contributed by atoms with Crippen molar-refractivity contribution in [2.75, 3.05) is 25.1 Å². The molecule has 3 nitrogen and oxygen atoms in total. The maximum absolute atomic E-state index is 13.3. The highest BCUT2D eigenvalue weighted by molar-refractivity contribution is 8.14. The minimum Gasteiger partial charge on any atom is -0.507 e. The lowest BCUT2D eigenvalue weighted by molar-refractivity contribution is 0.328. The molecule has 0 spiro atoms. The van der Waals surface area contributed by atoms with Crippen molar-refractivity contribution in [3.05, 3.63) is 29.6 Å². The Labute approximate surface area is 120 Å². The summed E-state index contributed by atoms with van der Waals surface area (Å²) in [6.45, 7) is 1.09. The summed E-state index contributed by atoms with van der Waals surface area (Å²) in [4.78, 5) is 7.00. The number of hydrogen-bond acceptors (Lipinski definition) is 5. The lowest BCUT2D eigenvalue weighted by Crippen LogP contribution is -2.33. The molecule has 0 bridgehead atoms. The SMILES string of the molecule is CN1CCS[C@@H]1[C@@H]1CSC(c2cc(F)ccc2O)=N1. The van der Waals surface area contributed by atoms with Gasteiger partial charge in [-0.15, -0.1) is 23.5 Å². The van der Waals surface area contributed by atoms with Crippen molar-refractivity contribution in [1.29, 1.82) is 0 Å². The first-order chi connectivity index (χ1) is 9.15. The fourth-order valence-electron chi connectivity index (χ4n) is 2.34. The third kappa shape index (κ3) is 2.61. The number of likely N-dealkylation sites (N-methyl/N-ethyl adjacent to an activating group) is 1. The average molecular weight is 298 g/mol. The van der Waals surface area contributed by atoms with E-state index in [0.29, 0.717) is 10.9 Å². The second-order valence-corrected chi connectivity index (χ2v) is 6.95. The van der Waals surface area contributed by atoms with E-state index in [-0.39, 0.29) is 17.6 Å². The van der Waals surface area contributed by atoms with E-state index in [9.17, 15) is 9.50 Å². The first-order valence-corrected chi connectivity index (χ1v) is 8.20. The number of aromatic hydroxyl groups is 1. The Hall–Kier alpha value is -0.720. The van der Waals surface area contributed by atoms with E-state index in [1.165, 1.54) is 18.2 Å². The van der Waals surface area contributed by atoms with Crippen LogP contribution in [0.5, 0.6) is 5.75 Å². The number of phenolic OH excluding ortho intramolecular Hbond substituents is 1. The fraction of sp³-hybridized carbons (Fsp3) is 0.462. The van der Waals surface area contributed by atoms with Crippen LogP contribution in [0.15, 0.2) is 23.2 Å². The highest BCUT2D eigenvalue weighted by Gasteiger charge is 2.33. The molecule has 0 aliphatic carbocycles. The normalized spacial score (nSPS) is 27.8. The van der Waals surface area contributed by atoms with Crippen LogP contribution in [0.2, 0.25) is 0 Å². The summed E-state index contributed by atoms with van der Waals surface area (Å²) in [7, 11) is 2.11. The molecule has 0 saturated carbocycles. The van der Waals surface area contributed by atoms with Crippen LogP contribution in [0.3, 0.4) is 0 Å². The van der Waals surface area contributed by atoms with Crippen LogP contribution < -0.4 is 0 Å². The number of halogens is 1. The Morgan fingerprint density at radius 1 is 1.47 bits per heavy atom. The topological polar surface area (TPSA) is 35.8 Å². The molecule has 0 aromatic heterocycles. The number of hydrogen-bond donors (Lipinski definition) is 1. The lowest BCUT2D eigenvalue weighted by Gasteiger charge is -2.21. The van der Waals surface area contributed by atoms with Crippen molar-refractivity contribution in [3.63, 3.8) is 0 Å². The molecule has 1 saturated heterocycles. The number of phenols is 1. The standard InChI is InChI=1S/C13H15FN2OS2/c1-16-4-5-18-13(16)10-7-19-12(15-10)9-6-8(14)2-3-11(9)17/h2-3,6,10,13,17H,4-5,7H2,1H3/t10-,13+/m0/s1. The van der Waals surface area contributed by atoms with Crippen molar-refractivity contribution >= 4 is 28.6 Å². The smallest absolute Gasteiger partial charge is 0.125 e. The number of benzene rings is 1. The number of nitrogens with zero attached hydrogens (tertiary/aromatic N) is 2. The molecule has 1 N–H and O–H groups in total. The molecule has 1 aromatic rings. The fourth-order valence-corrected chi connectivity index (χ4v) is 4.95. The Bertz CT molecular complexity index is 523. The van der Waals surface area contributed by atoms with Crippen LogP contribution in [0.1, 0.15) is 5.56 Å². The monoisotopic (exact) mass is 298 g/mol. The van der Waals surface area contributed by atoms with Gasteiger partial charge in [0.05, 0.1) is 17.0 Å². The maximum Gasteiger partial charge on any atom is 0.125 e. The van der Waals surface area contributed by atoms with Gasteiger partial charge in [-0.05, 0) is 25.2 Å². The zero-order chi connectivity index (χ0) is 13.4. The van der Waals surface area contributed by atoms with Gasteiger partial charge >= 0.3 is 0 Å². The van der Waals surface area contributed by atoms with Crippen LogP contribution in [0, 0.1) is 5.82 Å². The molecule has 2 heterocycles. The van der Waals surface area contributed by atoms with Crippen molar-refractivity contribution in [2.24, 2.45) is 4.99 Å². The first kappa shape index (κ1) is 13.3. The van der Waals surface area contributed by atoms with Gasteiger partial charge in [0.1, 0.15) is 16.6 Å². The van der Waals surface area contributed by atoms with Crippen LogP contribution in [-0.2, 0) is 0 Å². The van der Waals surface area contributed by atoms with E-state index in [1.54, 1.807) is 11.8 Å². The van der Waals surface area contributed by atoms with E-state index < -0.39 is 0 Å². The molecule has 0 amide bonds. The largest absolute Gasteiger partial charge is 0.507 e. The van der Waals surface area contributed by atoms with Crippen LogP contribution in [-0.4, -0.2) is 51.6 Å². The van der Waals surface area contributed by atoms with E-state index in [0.717, 1.165) is 23.1 Å². The minimum absolute atomic E-state index is 0.0979. The molecule has 3 rings (SSSR count). The van der Waals surface area contributed by atoms with Gasteiger partial charge in [-0.3, -0.25) is 9.89 Å². The summed E-state index contributed by atoms with van der Waals surface area (Å²) >= 11 is 3.52. The second kappa shape index (κ2) is 5.34. The van der Waals surface area contributed by atoms with Gasteiger partial charge in [0.15, 0.2) is 0 Å².